The zero-order valence-electron chi connectivity index (χ0n) is 8.44. The van der Waals surface area contributed by atoms with Crippen molar-refractivity contribution >= 4 is 11.9 Å². The maximum atomic E-state index is 4.34. The first-order valence-electron chi connectivity index (χ1n) is 4.79. The van der Waals surface area contributed by atoms with Crippen LogP contribution in [0.25, 0.3) is 5.70 Å². The Morgan fingerprint density at radius 3 is 2.71 bits per heavy atom. The van der Waals surface area contributed by atoms with Gasteiger partial charge in [0, 0.05) is 12.4 Å². The van der Waals surface area contributed by atoms with E-state index in [0.29, 0.717) is 5.92 Å². The summed E-state index contributed by atoms with van der Waals surface area (Å²) in [4.78, 5) is 12.8. The molecule has 1 aromatic heterocycles. The molecule has 3 nitrogen and oxygen atoms in total. The lowest BCUT2D eigenvalue weighted by Gasteiger charge is -2.09. The van der Waals surface area contributed by atoms with Crippen LogP contribution in [0.4, 0.5) is 0 Å². The molecule has 2 heterocycles. The Labute approximate surface area is 83.6 Å². The summed E-state index contributed by atoms with van der Waals surface area (Å²) in [7, 11) is 0. The van der Waals surface area contributed by atoms with Crippen molar-refractivity contribution in [3.8, 4) is 0 Å². The molecule has 14 heavy (non-hydrogen) atoms. The molecule has 0 fully saturated rings. The van der Waals surface area contributed by atoms with E-state index < -0.39 is 0 Å². The molecule has 1 unspecified atom stereocenters. The third kappa shape index (κ3) is 1.87. The summed E-state index contributed by atoms with van der Waals surface area (Å²) in [5.41, 5.74) is 2.73. The van der Waals surface area contributed by atoms with Crippen LogP contribution in [-0.4, -0.2) is 16.2 Å². The van der Waals surface area contributed by atoms with Gasteiger partial charge in [-0.3, -0.25) is 15.0 Å². The number of hydrogen-bond donors (Lipinski definition) is 0. The van der Waals surface area contributed by atoms with Gasteiger partial charge in [0.15, 0.2) is 0 Å². The zero-order valence-corrected chi connectivity index (χ0v) is 8.44. The van der Waals surface area contributed by atoms with E-state index in [4.69, 9.17) is 0 Å². The van der Waals surface area contributed by atoms with Crippen LogP contribution in [0.2, 0.25) is 0 Å². The highest BCUT2D eigenvalue weighted by Gasteiger charge is 2.07. The van der Waals surface area contributed by atoms with Gasteiger partial charge in [-0.15, -0.1) is 0 Å². The van der Waals surface area contributed by atoms with Gasteiger partial charge in [-0.2, -0.15) is 0 Å². The fourth-order valence-corrected chi connectivity index (χ4v) is 1.31. The molecule has 0 aliphatic carbocycles. The van der Waals surface area contributed by atoms with E-state index in [0.717, 1.165) is 23.5 Å². The Bertz CT molecular complexity index is 376. The molecule has 0 saturated heterocycles. The Morgan fingerprint density at radius 2 is 2.14 bits per heavy atom. The molecule has 0 N–H and O–H groups in total. The van der Waals surface area contributed by atoms with Crippen molar-refractivity contribution in [3.05, 3.63) is 29.9 Å². The van der Waals surface area contributed by atoms with Gasteiger partial charge in [0.25, 0.3) is 0 Å². The standard InChI is InChI=1S/C11H13N3/c1-8-3-4-10(13-5-8)11-7-12-9(2)6-14-11/h4-8H,3H2,1-2H3. The fourth-order valence-electron chi connectivity index (χ4n) is 1.31. The number of aryl methyl sites for hydroxylation is 1. The predicted molar refractivity (Wildman–Crippen MR) is 57.0 cm³/mol. The van der Waals surface area contributed by atoms with E-state index >= 15 is 0 Å². The van der Waals surface area contributed by atoms with Crippen LogP contribution in [0.1, 0.15) is 24.7 Å². The average molecular weight is 187 g/mol. The first-order valence-corrected chi connectivity index (χ1v) is 4.79. The molecule has 0 spiro atoms. The molecule has 2 rings (SSSR count). The first kappa shape index (κ1) is 9.06. The molecule has 0 saturated carbocycles. The summed E-state index contributed by atoms with van der Waals surface area (Å²) in [6.45, 7) is 4.08. The van der Waals surface area contributed by atoms with Gasteiger partial charge in [0.2, 0.25) is 0 Å². The van der Waals surface area contributed by atoms with E-state index in [1.807, 2.05) is 13.1 Å². The molecule has 72 valence electrons. The number of rotatable bonds is 1. The van der Waals surface area contributed by atoms with Crippen molar-refractivity contribution in [2.75, 3.05) is 0 Å². The number of nitrogens with zero attached hydrogens (tertiary/aromatic N) is 3. The highest BCUT2D eigenvalue weighted by molar-refractivity contribution is 5.76. The molecule has 0 amide bonds. The monoisotopic (exact) mass is 187 g/mol. The van der Waals surface area contributed by atoms with Gasteiger partial charge in [0.1, 0.15) is 5.69 Å². The van der Waals surface area contributed by atoms with Crippen molar-refractivity contribution in [1.82, 2.24) is 9.97 Å². The van der Waals surface area contributed by atoms with Crippen LogP contribution < -0.4 is 0 Å². The van der Waals surface area contributed by atoms with Crippen molar-refractivity contribution < 1.29 is 0 Å². The van der Waals surface area contributed by atoms with E-state index in [-0.39, 0.29) is 0 Å². The lowest BCUT2D eigenvalue weighted by Crippen LogP contribution is -2.01. The van der Waals surface area contributed by atoms with Crippen LogP contribution in [0.15, 0.2) is 23.5 Å². The smallest absolute Gasteiger partial charge is 0.107 e. The van der Waals surface area contributed by atoms with Crippen molar-refractivity contribution in [1.29, 1.82) is 0 Å². The summed E-state index contributed by atoms with van der Waals surface area (Å²) in [6.07, 6.45) is 8.66. The largest absolute Gasteiger partial charge is 0.259 e. The van der Waals surface area contributed by atoms with Gasteiger partial charge in [0.05, 0.1) is 17.6 Å². The third-order valence-electron chi connectivity index (χ3n) is 2.19. The SMILES string of the molecule is Cc1cnc(C2=CCC(C)C=N2)cn1. The lowest BCUT2D eigenvalue weighted by atomic mass is 10.1. The highest BCUT2D eigenvalue weighted by atomic mass is 14.9. The number of hydrogen-bond acceptors (Lipinski definition) is 3. The molecular weight excluding hydrogens is 174 g/mol. The lowest BCUT2D eigenvalue weighted by molar-refractivity contribution is 0.798. The summed E-state index contributed by atoms with van der Waals surface area (Å²) < 4.78 is 0. The maximum absolute atomic E-state index is 4.34. The number of allylic oxidation sites excluding steroid dienone is 1. The summed E-state index contributed by atoms with van der Waals surface area (Å²) in [5, 5.41) is 0. The number of aromatic nitrogens is 2. The molecular formula is C11H13N3. The van der Waals surface area contributed by atoms with Crippen molar-refractivity contribution in [2.24, 2.45) is 10.9 Å². The second-order valence-corrected chi connectivity index (χ2v) is 3.62. The minimum absolute atomic E-state index is 0.539. The zero-order chi connectivity index (χ0) is 9.97. The Balaban J connectivity index is 2.24. The van der Waals surface area contributed by atoms with Crippen molar-refractivity contribution in [3.63, 3.8) is 0 Å². The Morgan fingerprint density at radius 1 is 1.29 bits per heavy atom. The molecule has 0 radical (unpaired) electrons. The second-order valence-electron chi connectivity index (χ2n) is 3.62. The summed E-state index contributed by atoms with van der Waals surface area (Å²) >= 11 is 0. The van der Waals surface area contributed by atoms with Gasteiger partial charge in [-0.05, 0) is 19.3 Å². The van der Waals surface area contributed by atoms with Gasteiger partial charge in [-0.25, -0.2) is 0 Å². The molecule has 1 aromatic rings. The van der Waals surface area contributed by atoms with Crippen LogP contribution >= 0.6 is 0 Å². The van der Waals surface area contributed by atoms with Crippen LogP contribution in [0.5, 0.6) is 0 Å². The summed E-state index contributed by atoms with van der Waals surface area (Å²) in [6, 6.07) is 0. The van der Waals surface area contributed by atoms with Gasteiger partial charge in [-0.1, -0.05) is 13.0 Å². The van der Waals surface area contributed by atoms with Crippen LogP contribution in [0, 0.1) is 12.8 Å². The molecule has 0 aromatic carbocycles. The van der Waals surface area contributed by atoms with E-state index in [1.54, 1.807) is 12.4 Å². The second kappa shape index (κ2) is 3.70. The van der Waals surface area contributed by atoms with Gasteiger partial charge < -0.3 is 0 Å². The van der Waals surface area contributed by atoms with Crippen LogP contribution in [0.3, 0.4) is 0 Å². The van der Waals surface area contributed by atoms with E-state index in [2.05, 4.69) is 28.0 Å². The Hall–Kier alpha value is -1.51. The summed E-state index contributed by atoms with van der Waals surface area (Å²) in [5.74, 6) is 0.539. The maximum Gasteiger partial charge on any atom is 0.107 e. The molecule has 1 aliphatic heterocycles. The molecule has 0 bridgehead atoms. The van der Waals surface area contributed by atoms with Crippen molar-refractivity contribution in [2.45, 2.75) is 20.3 Å². The highest BCUT2D eigenvalue weighted by Crippen LogP contribution is 2.19. The minimum Gasteiger partial charge on any atom is -0.259 e. The normalized spacial score (nSPS) is 20.7. The molecule has 1 aliphatic rings. The first-order chi connectivity index (χ1) is 6.75. The average Bonchev–Trinajstić information content (AvgIpc) is 2.21. The van der Waals surface area contributed by atoms with Gasteiger partial charge >= 0.3 is 0 Å². The number of aliphatic imine (C=N–C) groups is 1. The molecule has 3 heteroatoms. The van der Waals surface area contributed by atoms with E-state index in [1.165, 1.54) is 0 Å². The Kier molecular flexibility index (Phi) is 2.39. The van der Waals surface area contributed by atoms with E-state index in [9.17, 15) is 0 Å². The molecule has 1 atom stereocenters. The quantitative estimate of drug-likeness (QED) is 0.676. The topological polar surface area (TPSA) is 38.1 Å². The fraction of sp³-hybridized carbons (Fsp3) is 0.364. The minimum atomic E-state index is 0.539. The van der Waals surface area contributed by atoms with Crippen LogP contribution in [-0.2, 0) is 0 Å². The predicted octanol–water partition coefficient (Wildman–Crippen LogP) is 2.24. The third-order valence-corrected chi connectivity index (χ3v) is 2.19.